The zero-order valence-corrected chi connectivity index (χ0v) is 14.2. The highest BCUT2D eigenvalue weighted by atomic mass is 79.9. The molecule has 1 heterocycles. The highest BCUT2D eigenvalue weighted by molar-refractivity contribution is 9.10. The van der Waals surface area contributed by atoms with E-state index in [0.717, 1.165) is 21.4 Å². The Kier molecular flexibility index (Phi) is 5.32. The molecule has 0 radical (unpaired) electrons. The van der Waals surface area contributed by atoms with Crippen molar-refractivity contribution in [3.05, 3.63) is 45.7 Å². The monoisotopic (exact) mass is 364 g/mol. The van der Waals surface area contributed by atoms with Crippen LogP contribution >= 0.6 is 15.9 Å². The number of aryl methyl sites for hydroxylation is 2. The van der Waals surface area contributed by atoms with Gasteiger partial charge < -0.3 is 4.74 Å². The third kappa shape index (κ3) is 4.17. The fourth-order valence-corrected chi connectivity index (χ4v) is 2.26. The van der Waals surface area contributed by atoms with Crippen molar-refractivity contribution >= 4 is 28.1 Å². The van der Waals surface area contributed by atoms with Crippen LogP contribution in [0.25, 0.3) is 0 Å². The molecular weight excluding hydrogens is 348 g/mol. The van der Waals surface area contributed by atoms with Crippen LogP contribution in [0.4, 0.5) is 0 Å². The lowest BCUT2D eigenvalue weighted by Crippen LogP contribution is -2.24. The molecule has 0 saturated carbocycles. The Balaban J connectivity index is 1.86. The predicted octanol–water partition coefficient (Wildman–Crippen LogP) is 2.33. The molecule has 0 aliphatic heterocycles. The van der Waals surface area contributed by atoms with Crippen LogP contribution in [0.15, 0.2) is 33.8 Å². The van der Waals surface area contributed by atoms with E-state index in [1.165, 1.54) is 0 Å². The van der Waals surface area contributed by atoms with Crippen molar-refractivity contribution in [3.8, 4) is 5.75 Å². The van der Waals surface area contributed by atoms with Crippen molar-refractivity contribution in [2.45, 2.75) is 13.8 Å². The molecule has 2 aromatic rings. The van der Waals surface area contributed by atoms with E-state index < -0.39 is 0 Å². The molecule has 1 aromatic carbocycles. The van der Waals surface area contributed by atoms with E-state index in [1.54, 1.807) is 23.0 Å². The lowest BCUT2D eigenvalue weighted by Gasteiger charge is -2.05. The number of nitrogens with zero attached hydrogens (tertiary/aromatic N) is 3. The van der Waals surface area contributed by atoms with E-state index in [9.17, 15) is 4.79 Å². The first-order chi connectivity index (χ1) is 10.5. The van der Waals surface area contributed by atoms with Crippen LogP contribution in [-0.4, -0.2) is 28.5 Å². The van der Waals surface area contributed by atoms with Crippen molar-refractivity contribution in [1.29, 1.82) is 0 Å². The van der Waals surface area contributed by atoms with E-state index in [4.69, 9.17) is 4.74 Å². The largest absolute Gasteiger partial charge is 0.484 e. The van der Waals surface area contributed by atoms with Gasteiger partial charge in [0.25, 0.3) is 5.91 Å². The minimum atomic E-state index is -0.324. The first kappa shape index (κ1) is 16.2. The number of nitrogens with one attached hydrogen (secondary N) is 1. The summed E-state index contributed by atoms with van der Waals surface area (Å²) in [5.74, 6) is 0.294. The van der Waals surface area contributed by atoms with Gasteiger partial charge in [-0.1, -0.05) is 22.0 Å². The van der Waals surface area contributed by atoms with E-state index in [0.29, 0.717) is 5.75 Å². The second-order valence-corrected chi connectivity index (χ2v) is 5.66. The molecule has 0 aliphatic carbocycles. The van der Waals surface area contributed by atoms with Gasteiger partial charge in [0.1, 0.15) is 5.75 Å². The zero-order valence-electron chi connectivity index (χ0n) is 12.6. The molecule has 0 spiro atoms. The normalized spacial score (nSPS) is 10.9. The van der Waals surface area contributed by atoms with Crippen LogP contribution in [0, 0.1) is 13.8 Å². The third-order valence-corrected chi connectivity index (χ3v) is 3.61. The maximum absolute atomic E-state index is 11.7. The molecule has 0 aliphatic rings. The van der Waals surface area contributed by atoms with Crippen LogP contribution in [0.5, 0.6) is 5.75 Å². The first-order valence-corrected chi connectivity index (χ1v) is 7.47. The van der Waals surface area contributed by atoms with Gasteiger partial charge in [0.15, 0.2) is 6.61 Å². The molecule has 1 aromatic heterocycles. The van der Waals surface area contributed by atoms with Gasteiger partial charge in [0, 0.05) is 22.8 Å². The fourth-order valence-electron chi connectivity index (χ4n) is 1.88. The van der Waals surface area contributed by atoms with Gasteiger partial charge in [-0.05, 0) is 32.0 Å². The lowest BCUT2D eigenvalue weighted by atomic mass is 10.2. The van der Waals surface area contributed by atoms with Crippen molar-refractivity contribution < 1.29 is 9.53 Å². The number of hydrogen-bond acceptors (Lipinski definition) is 4. The molecule has 0 fully saturated rings. The maximum atomic E-state index is 11.7. The van der Waals surface area contributed by atoms with E-state index in [-0.39, 0.29) is 12.5 Å². The number of carbonyl (C=O) groups is 1. The molecular formula is C15H17BrN4O2. The van der Waals surface area contributed by atoms with Gasteiger partial charge in [-0.2, -0.15) is 10.2 Å². The van der Waals surface area contributed by atoms with Crippen molar-refractivity contribution in [2.24, 2.45) is 12.1 Å². The molecule has 0 atom stereocenters. The summed E-state index contributed by atoms with van der Waals surface area (Å²) < 4.78 is 8.04. The van der Waals surface area contributed by atoms with Crippen LogP contribution < -0.4 is 10.2 Å². The first-order valence-electron chi connectivity index (χ1n) is 6.68. The van der Waals surface area contributed by atoms with Gasteiger partial charge >= 0.3 is 0 Å². The molecule has 1 amide bonds. The molecule has 22 heavy (non-hydrogen) atoms. The van der Waals surface area contributed by atoms with Crippen molar-refractivity contribution in [1.82, 2.24) is 15.2 Å². The fraction of sp³-hybridized carbons (Fsp3) is 0.267. The molecule has 0 saturated heterocycles. The molecule has 1 N–H and O–H groups in total. The number of aromatic nitrogens is 2. The second-order valence-electron chi connectivity index (χ2n) is 4.75. The summed E-state index contributed by atoms with van der Waals surface area (Å²) in [4.78, 5) is 11.7. The third-order valence-electron chi connectivity index (χ3n) is 3.11. The maximum Gasteiger partial charge on any atom is 0.277 e. The Labute approximate surface area is 137 Å². The summed E-state index contributed by atoms with van der Waals surface area (Å²) in [7, 11) is 1.87. The number of hydrazone groups is 1. The standard InChI is InChI=1S/C15H17BrN4O2/c1-10-14(11(2)20(3)19-10)8-17-18-15(21)9-22-13-6-4-5-12(16)7-13/h4-8H,9H2,1-3H3,(H,18,21)/b17-8-. The van der Waals surface area contributed by atoms with Gasteiger partial charge in [0.2, 0.25) is 0 Å². The predicted molar refractivity (Wildman–Crippen MR) is 88.1 cm³/mol. The number of amides is 1. The van der Waals surface area contributed by atoms with Crippen LogP contribution in [-0.2, 0) is 11.8 Å². The number of benzene rings is 1. The van der Waals surface area contributed by atoms with Crippen molar-refractivity contribution in [2.75, 3.05) is 6.61 Å². The minimum absolute atomic E-state index is 0.0984. The van der Waals surface area contributed by atoms with E-state index in [2.05, 4.69) is 31.6 Å². The van der Waals surface area contributed by atoms with Gasteiger partial charge in [-0.25, -0.2) is 5.43 Å². The summed E-state index contributed by atoms with van der Waals surface area (Å²) in [6.45, 7) is 3.74. The van der Waals surface area contributed by atoms with Gasteiger partial charge in [-0.15, -0.1) is 0 Å². The molecule has 7 heteroatoms. The van der Waals surface area contributed by atoms with Crippen molar-refractivity contribution in [3.63, 3.8) is 0 Å². The van der Waals surface area contributed by atoms with E-state index in [1.807, 2.05) is 33.0 Å². The zero-order chi connectivity index (χ0) is 16.1. The number of carbonyl (C=O) groups excluding carboxylic acids is 1. The topological polar surface area (TPSA) is 68.5 Å². The summed E-state index contributed by atoms with van der Waals surface area (Å²) in [5, 5.41) is 8.22. The van der Waals surface area contributed by atoms with Gasteiger partial charge in [0.05, 0.1) is 11.9 Å². The average Bonchev–Trinajstić information content (AvgIpc) is 2.71. The molecule has 0 unspecified atom stereocenters. The minimum Gasteiger partial charge on any atom is -0.484 e. The smallest absolute Gasteiger partial charge is 0.277 e. The van der Waals surface area contributed by atoms with Crippen LogP contribution in [0.1, 0.15) is 17.0 Å². The quantitative estimate of drug-likeness (QED) is 0.653. The summed E-state index contributed by atoms with van der Waals surface area (Å²) in [6, 6.07) is 7.29. The van der Waals surface area contributed by atoms with E-state index >= 15 is 0 Å². The SMILES string of the molecule is Cc1nn(C)c(C)c1/C=N\NC(=O)COc1cccc(Br)c1. The lowest BCUT2D eigenvalue weighted by molar-refractivity contribution is -0.123. The molecule has 0 bridgehead atoms. The highest BCUT2D eigenvalue weighted by Gasteiger charge is 2.07. The highest BCUT2D eigenvalue weighted by Crippen LogP contribution is 2.17. The summed E-state index contributed by atoms with van der Waals surface area (Å²) >= 11 is 3.34. The number of halogens is 1. The summed E-state index contributed by atoms with van der Waals surface area (Å²) in [5.41, 5.74) is 5.19. The Morgan fingerprint density at radius 2 is 2.27 bits per heavy atom. The Hall–Kier alpha value is -2.15. The second kappa shape index (κ2) is 7.22. The molecule has 2 rings (SSSR count). The number of rotatable bonds is 5. The van der Waals surface area contributed by atoms with Gasteiger partial charge in [-0.3, -0.25) is 9.48 Å². The molecule has 116 valence electrons. The van der Waals surface area contributed by atoms with Crippen LogP contribution in [0.2, 0.25) is 0 Å². The Morgan fingerprint density at radius 3 is 2.91 bits per heavy atom. The Morgan fingerprint density at radius 1 is 1.50 bits per heavy atom. The Bertz CT molecular complexity index is 710. The van der Waals surface area contributed by atoms with Crippen LogP contribution in [0.3, 0.4) is 0 Å². The summed E-state index contributed by atoms with van der Waals surface area (Å²) in [6.07, 6.45) is 1.59. The molecule has 6 nitrogen and oxygen atoms in total. The number of hydrogen-bond donors (Lipinski definition) is 1. The number of ether oxygens (including phenoxy) is 1. The average molecular weight is 365 g/mol.